The van der Waals surface area contributed by atoms with Crippen molar-refractivity contribution in [2.75, 3.05) is 5.32 Å². The minimum Gasteiger partial charge on any atom is -0.306 e. The molecule has 1 aromatic carbocycles. The van der Waals surface area contributed by atoms with Gasteiger partial charge in [-0.2, -0.15) is 5.10 Å². The smallest absolute Gasteiger partial charge is 0.306 e. The number of H-pyrrole nitrogens is 2. The first-order valence-electron chi connectivity index (χ1n) is 9.75. The van der Waals surface area contributed by atoms with E-state index in [1.807, 2.05) is 16.7 Å². The summed E-state index contributed by atoms with van der Waals surface area (Å²) in [7, 11) is 0. The first kappa shape index (κ1) is 17.6. The lowest BCUT2D eigenvalue weighted by Gasteiger charge is -2.11. The number of imidazole rings is 1. The third kappa shape index (κ3) is 3.54. The molecule has 3 aromatic rings. The van der Waals surface area contributed by atoms with Crippen molar-refractivity contribution in [2.24, 2.45) is 0 Å². The van der Waals surface area contributed by atoms with Crippen LogP contribution in [0.25, 0.3) is 11.0 Å². The number of hydrogen-bond acceptors (Lipinski definition) is 3. The Bertz CT molecular complexity index is 1010. The van der Waals surface area contributed by atoms with Gasteiger partial charge in [-0.1, -0.05) is 26.2 Å². The molecule has 0 bridgehead atoms. The topological polar surface area (TPSA) is 95.6 Å². The predicted octanol–water partition coefficient (Wildman–Crippen LogP) is 3.76. The second-order valence-corrected chi connectivity index (χ2v) is 7.31. The zero-order chi connectivity index (χ0) is 18.8. The van der Waals surface area contributed by atoms with Crippen molar-refractivity contribution >= 4 is 22.8 Å². The summed E-state index contributed by atoms with van der Waals surface area (Å²) in [5, 5.41) is 9.92. The highest BCUT2D eigenvalue weighted by atomic mass is 16.2. The second-order valence-electron chi connectivity index (χ2n) is 7.31. The fourth-order valence-corrected chi connectivity index (χ4v) is 3.91. The zero-order valence-corrected chi connectivity index (χ0v) is 15.5. The van der Waals surface area contributed by atoms with Gasteiger partial charge in [0.05, 0.1) is 11.0 Å². The van der Waals surface area contributed by atoms with Gasteiger partial charge in [-0.05, 0) is 43.9 Å². The number of nitrogens with one attached hydrogen (secondary N) is 3. The van der Waals surface area contributed by atoms with Gasteiger partial charge in [-0.25, -0.2) is 4.79 Å². The number of unbranched alkanes of at least 4 members (excludes halogenated alkanes) is 1. The first-order chi connectivity index (χ1) is 13.2. The van der Waals surface area contributed by atoms with E-state index in [-0.39, 0.29) is 17.6 Å². The Morgan fingerprint density at radius 2 is 2.11 bits per heavy atom. The molecule has 0 spiro atoms. The van der Waals surface area contributed by atoms with Crippen LogP contribution in [-0.4, -0.2) is 25.7 Å². The monoisotopic (exact) mass is 367 g/mol. The van der Waals surface area contributed by atoms with E-state index in [1.54, 1.807) is 12.1 Å². The Morgan fingerprint density at radius 3 is 2.89 bits per heavy atom. The highest BCUT2D eigenvalue weighted by Gasteiger charge is 2.21. The molecule has 4 rings (SSSR count). The molecule has 0 radical (unpaired) electrons. The van der Waals surface area contributed by atoms with Crippen molar-refractivity contribution in [3.05, 3.63) is 46.0 Å². The number of amides is 1. The minimum absolute atomic E-state index is 0.0951. The quantitative estimate of drug-likeness (QED) is 0.619. The highest BCUT2D eigenvalue weighted by Crippen LogP contribution is 2.30. The lowest BCUT2D eigenvalue weighted by Crippen LogP contribution is -2.20. The summed E-state index contributed by atoms with van der Waals surface area (Å²) in [5.74, 6) is 0.281. The van der Waals surface area contributed by atoms with Gasteiger partial charge in [0.15, 0.2) is 5.82 Å². The fourth-order valence-electron chi connectivity index (χ4n) is 3.91. The SMILES string of the molecule is CCCCc1cc(NC(=O)c2ccc3c(c2)[nH]c(=O)n3C2CCCC2)n[nH]1. The molecule has 1 saturated carbocycles. The number of carbonyl (C=O) groups is 1. The van der Waals surface area contributed by atoms with Crippen LogP contribution in [0, 0.1) is 0 Å². The molecular formula is C20H25N5O2. The first-order valence-corrected chi connectivity index (χ1v) is 9.75. The van der Waals surface area contributed by atoms with Gasteiger partial charge in [0.2, 0.25) is 0 Å². The second kappa shape index (κ2) is 7.42. The van der Waals surface area contributed by atoms with Crippen LogP contribution in [0.15, 0.2) is 29.1 Å². The average Bonchev–Trinajstić information content (AvgIpc) is 3.38. The average molecular weight is 367 g/mol. The maximum Gasteiger partial charge on any atom is 0.326 e. The van der Waals surface area contributed by atoms with E-state index in [9.17, 15) is 9.59 Å². The van der Waals surface area contributed by atoms with Gasteiger partial charge in [0.1, 0.15) is 0 Å². The van der Waals surface area contributed by atoms with Crippen molar-refractivity contribution in [3.63, 3.8) is 0 Å². The van der Waals surface area contributed by atoms with Crippen LogP contribution in [0.5, 0.6) is 0 Å². The van der Waals surface area contributed by atoms with Crippen molar-refractivity contribution in [1.29, 1.82) is 0 Å². The maximum atomic E-state index is 12.6. The Kier molecular flexibility index (Phi) is 4.83. The van der Waals surface area contributed by atoms with Gasteiger partial charge >= 0.3 is 5.69 Å². The van der Waals surface area contributed by atoms with E-state index in [0.29, 0.717) is 16.9 Å². The Labute approximate surface area is 157 Å². The van der Waals surface area contributed by atoms with Crippen molar-refractivity contribution in [2.45, 2.75) is 57.9 Å². The molecule has 1 fully saturated rings. The molecule has 142 valence electrons. The van der Waals surface area contributed by atoms with Gasteiger partial charge in [0.25, 0.3) is 5.91 Å². The molecule has 1 aliphatic rings. The van der Waals surface area contributed by atoms with Gasteiger partial charge in [-0.3, -0.25) is 14.5 Å². The number of fused-ring (bicyclic) bond motifs is 1. The summed E-state index contributed by atoms with van der Waals surface area (Å²) in [6.07, 6.45) is 7.50. The van der Waals surface area contributed by atoms with E-state index in [4.69, 9.17) is 0 Å². The number of anilines is 1. The molecule has 0 atom stereocenters. The zero-order valence-electron chi connectivity index (χ0n) is 15.5. The van der Waals surface area contributed by atoms with Crippen molar-refractivity contribution in [3.8, 4) is 0 Å². The summed E-state index contributed by atoms with van der Waals surface area (Å²) in [4.78, 5) is 27.8. The lowest BCUT2D eigenvalue weighted by molar-refractivity contribution is 0.102. The standard InChI is InChI=1S/C20H25N5O2/c1-2-3-6-14-12-18(24-23-14)22-19(26)13-9-10-17-16(11-13)21-20(27)25(17)15-7-4-5-8-15/h9-12,15H,2-8H2,1H3,(H,21,27)(H2,22,23,24,26). The Morgan fingerprint density at radius 1 is 1.30 bits per heavy atom. The van der Waals surface area contributed by atoms with Crippen molar-refractivity contribution in [1.82, 2.24) is 19.7 Å². The molecule has 2 heterocycles. The van der Waals surface area contributed by atoms with E-state index < -0.39 is 0 Å². The molecule has 1 aliphatic carbocycles. The van der Waals surface area contributed by atoms with E-state index in [2.05, 4.69) is 27.4 Å². The predicted molar refractivity (Wildman–Crippen MR) is 105 cm³/mol. The third-order valence-corrected chi connectivity index (χ3v) is 5.34. The fraction of sp³-hybridized carbons (Fsp3) is 0.450. The molecule has 7 heteroatoms. The van der Waals surface area contributed by atoms with Crippen LogP contribution in [0.2, 0.25) is 0 Å². The van der Waals surface area contributed by atoms with E-state index in [1.165, 1.54) is 0 Å². The number of benzene rings is 1. The van der Waals surface area contributed by atoms with Crippen LogP contribution in [0.1, 0.15) is 67.5 Å². The normalized spacial score (nSPS) is 14.9. The molecule has 3 N–H and O–H groups in total. The number of hydrogen-bond donors (Lipinski definition) is 3. The van der Waals surface area contributed by atoms with Crippen LogP contribution >= 0.6 is 0 Å². The molecule has 1 amide bonds. The molecule has 0 saturated heterocycles. The van der Waals surface area contributed by atoms with Crippen molar-refractivity contribution < 1.29 is 4.79 Å². The molecular weight excluding hydrogens is 342 g/mol. The summed E-state index contributed by atoms with van der Waals surface area (Å²) < 4.78 is 1.84. The number of aromatic amines is 2. The maximum absolute atomic E-state index is 12.6. The molecule has 27 heavy (non-hydrogen) atoms. The number of aryl methyl sites for hydroxylation is 1. The number of nitrogens with zero attached hydrogens (tertiary/aromatic N) is 2. The van der Waals surface area contributed by atoms with Crippen LogP contribution < -0.4 is 11.0 Å². The third-order valence-electron chi connectivity index (χ3n) is 5.34. The molecule has 2 aromatic heterocycles. The summed E-state index contributed by atoms with van der Waals surface area (Å²) in [6.45, 7) is 2.14. The number of rotatable bonds is 6. The Hall–Kier alpha value is -2.83. The van der Waals surface area contributed by atoms with Crippen LogP contribution in [0.4, 0.5) is 5.82 Å². The molecule has 0 unspecified atom stereocenters. The van der Waals surface area contributed by atoms with Gasteiger partial charge in [-0.15, -0.1) is 0 Å². The summed E-state index contributed by atoms with van der Waals surface area (Å²) in [6, 6.07) is 7.49. The van der Waals surface area contributed by atoms with Crippen LogP contribution in [-0.2, 0) is 6.42 Å². The van der Waals surface area contributed by atoms with Gasteiger partial charge < -0.3 is 10.3 Å². The van der Waals surface area contributed by atoms with Crippen LogP contribution in [0.3, 0.4) is 0 Å². The largest absolute Gasteiger partial charge is 0.326 e. The van der Waals surface area contributed by atoms with Gasteiger partial charge in [0, 0.05) is 23.4 Å². The highest BCUT2D eigenvalue weighted by molar-refractivity contribution is 6.05. The van der Waals surface area contributed by atoms with E-state index >= 15 is 0 Å². The summed E-state index contributed by atoms with van der Waals surface area (Å²) in [5.41, 5.74) is 2.98. The molecule has 7 nitrogen and oxygen atoms in total. The lowest BCUT2D eigenvalue weighted by atomic mass is 10.1. The number of aromatic nitrogens is 4. The Balaban J connectivity index is 1.54. The minimum atomic E-state index is -0.236. The number of carbonyl (C=O) groups excluding carboxylic acids is 1. The summed E-state index contributed by atoms with van der Waals surface area (Å²) >= 11 is 0. The molecule has 0 aliphatic heterocycles. The van der Waals surface area contributed by atoms with E-state index in [0.717, 1.165) is 56.2 Å².